The highest BCUT2D eigenvalue weighted by atomic mass is 35.5. The molecule has 2 aromatic carbocycles. The van der Waals surface area contributed by atoms with E-state index >= 15 is 0 Å². The molecule has 0 aliphatic rings. The summed E-state index contributed by atoms with van der Waals surface area (Å²) in [5, 5.41) is 3.27. The number of aromatic amines is 1. The van der Waals surface area contributed by atoms with Gasteiger partial charge >= 0.3 is 0 Å². The van der Waals surface area contributed by atoms with E-state index in [4.69, 9.17) is 11.6 Å². The van der Waals surface area contributed by atoms with Gasteiger partial charge in [0, 0.05) is 16.3 Å². The number of benzene rings is 2. The Morgan fingerprint density at radius 3 is 2.72 bits per heavy atom. The zero-order chi connectivity index (χ0) is 12.7. The molecule has 0 fully saturated rings. The molecule has 0 spiro atoms. The summed E-state index contributed by atoms with van der Waals surface area (Å²) in [6.45, 7) is 4.49. The molecule has 1 heterocycles. The molecule has 1 nitrogen and oxygen atoms in total. The Bertz CT molecular complexity index is 710. The lowest BCUT2D eigenvalue weighted by Gasteiger charge is -2.04. The van der Waals surface area contributed by atoms with Crippen LogP contribution in [0.2, 0.25) is 5.02 Å². The van der Waals surface area contributed by atoms with Gasteiger partial charge in [0.25, 0.3) is 0 Å². The summed E-state index contributed by atoms with van der Waals surface area (Å²) < 4.78 is 0. The number of H-pyrrole nitrogens is 1. The fourth-order valence-corrected chi connectivity index (χ4v) is 2.75. The first-order valence-electron chi connectivity index (χ1n) is 6.34. The molecule has 0 unspecified atom stereocenters. The third-order valence-electron chi connectivity index (χ3n) is 3.29. The van der Waals surface area contributed by atoms with Crippen molar-refractivity contribution in [2.45, 2.75) is 20.3 Å². The van der Waals surface area contributed by atoms with E-state index in [9.17, 15) is 0 Å². The van der Waals surface area contributed by atoms with Crippen LogP contribution in [0, 0.1) is 5.92 Å². The molecule has 0 aliphatic carbocycles. The van der Waals surface area contributed by atoms with Gasteiger partial charge in [0.2, 0.25) is 0 Å². The molecular weight excluding hydrogens is 242 g/mol. The van der Waals surface area contributed by atoms with Crippen LogP contribution in [0.1, 0.15) is 19.4 Å². The maximum atomic E-state index is 6.22. The Hall–Kier alpha value is -1.47. The highest BCUT2D eigenvalue weighted by Gasteiger charge is 2.07. The quantitative estimate of drug-likeness (QED) is 0.652. The van der Waals surface area contributed by atoms with E-state index in [-0.39, 0.29) is 0 Å². The summed E-state index contributed by atoms with van der Waals surface area (Å²) in [6.07, 6.45) is 1.11. The molecule has 3 aromatic rings. The zero-order valence-electron chi connectivity index (χ0n) is 10.6. The first-order chi connectivity index (χ1) is 8.65. The van der Waals surface area contributed by atoms with Crippen LogP contribution in [0.5, 0.6) is 0 Å². The summed E-state index contributed by atoms with van der Waals surface area (Å²) in [5.74, 6) is 0.677. The van der Waals surface area contributed by atoms with Crippen molar-refractivity contribution in [3.8, 4) is 0 Å². The number of hydrogen-bond donors (Lipinski definition) is 1. The molecule has 2 heteroatoms. The third kappa shape index (κ3) is 1.89. The molecular formula is C16H16ClN. The molecule has 0 amide bonds. The Balaban J connectivity index is 2.26. The van der Waals surface area contributed by atoms with Gasteiger partial charge < -0.3 is 4.98 Å². The average molecular weight is 258 g/mol. The van der Waals surface area contributed by atoms with Crippen molar-refractivity contribution in [2.24, 2.45) is 5.92 Å². The van der Waals surface area contributed by atoms with Gasteiger partial charge in [-0.1, -0.05) is 43.6 Å². The first-order valence-corrected chi connectivity index (χ1v) is 6.72. The van der Waals surface area contributed by atoms with E-state index < -0.39 is 0 Å². The van der Waals surface area contributed by atoms with E-state index in [2.05, 4.69) is 43.1 Å². The van der Waals surface area contributed by atoms with E-state index in [1.807, 2.05) is 12.1 Å². The molecule has 3 rings (SSSR count). The van der Waals surface area contributed by atoms with Crippen molar-refractivity contribution in [1.82, 2.24) is 4.98 Å². The second kappa shape index (κ2) is 4.33. The Morgan fingerprint density at radius 2 is 1.94 bits per heavy atom. The molecule has 0 atom stereocenters. The van der Waals surface area contributed by atoms with Gasteiger partial charge in [0.05, 0.1) is 10.5 Å². The number of nitrogens with one attached hydrogen (secondary N) is 1. The smallest absolute Gasteiger partial charge is 0.0654 e. The SMILES string of the molecule is CC(C)Cc1ccc2[nH]c3c(Cl)cccc3c2c1. The number of hydrogen-bond acceptors (Lipinski definition) is 0. The summed E-state index contributed by atoms with van der Waals surface area (Å²) >= 11 is 6.22. The molecule has 18 heavy (non-hydrogen) atoms. The summed E-state index contributed by atoms with van der Waals surface area (Å²) in [6, 6.07) is 12.7. The molecule has 0 saturated heterocycles. The summed E-state index contributed by atoms with van der Waals surface area (Å²) in [4.78, 5) is 3.39. The predicted molar refractivity (Wildman–Crippen MR) is 79.4 cm³/mol. The fraction of sp³-hybridized carbons (Fsp3) is 0.250. The van der Waals surface area contributed by atoms with Gasteiger partial charge in [-0.25, -0.2) is 0 Å². The van der Waals surface area contributed by atoms with Crippen molar-refractivity contribution in [1.29, 1.82) is 0 Å². The van der Waals surface area contributed by atoms with Crippen molar-refractivity contribution in [2.75, 3.05) is 0 Å². The topological polar surface area (TPSA) is 15.8 Å². The molecule has 1 N–H and O–H groups in total. The molecule has 92 valence electrons. The second-order valence-corrected chi connectivity index (χ2v) is 5.67. The number of fused-ring (bicyclic) bond motifs is 3. The van der Waals surface area contributed by atoms with Crippen LogP contribution in [-0.2, 0) is 6.42 Å². The minimum absolute atomic E-state index is 0.677. The lowest BCUT2D eigenvalue weighted by atomic mass is 10.0. The van der Waals surface area contributed by atoms with Crippen molar-refractivity contribution >= 4 is 33.4 Å². The monoisotopic (exact) mass is 257 g/mol. The van der Waals surface area contributed by atoms with Crippen LogP contribution < -0.4 is 0 Å². The summed E-state index contributed by atoms with van der Waals surface area (Å²) in [5.41, 5.74) is 3.58. The van der Waals surface area contributed by atoms with Crippen LogP contribution >= 0.6 is 11.6 Å². The Kier molecular flexibility index (Phi) is 2.79. The Morgan fingerprint density at radius 1 is 1.11 bits per heavy atom. The van der Waals surface area contributed by atoms with Gasteiger partial charge in [0.15, 0.2) is 0 Å². The highest BCUT2D eigenvalue weighted by Crippen LogP contribution is 2.30. The van der Waals surface area contributed by atoms with Crippen LogP contribution in [0.25, 0.3) is 21.8 Å². The highest BCUT2D eigenvalue weighted by molar-refractivity contribution is 6.36. The van der Waals surface area contributed by atoms with Gasteiger partial charge in [-0.15, -0.1) is 0 Å². The van der Waals surface area contributed by atoms with E-state index in [1.54, 1.807) is 0 Å². The minimum Gasteiger partial charge on any atom is -0.353 e. The minimum atomic E-state index is 0.677. The summed E-state index contributed by atoms with van der Waals surface area (Å²) in [7, 11) is 0. The molecule has 0 radical (unpaired) electrons. The lowest BCUT2D eigenvalue weighted by Crippen LogP contribution is -1.93. The fourth-order valence-electron chi connectivity index (χ4n) is 2.53. The average Bonchev–Trinajstić information content (AvgIpc) is 2.68. The van der Waals surface area contributed by atoms with Crippen LogP contribution in [-0.4, -0.2) is 4.98 Å². The van der Waals surface area contributed by atoms with Crippen LogP contribution in [0.4, 0.5) is 0 Å². The van der Waals surface area contributed by atoms with Crippen LogP contribution in [0.15, 0.2) is 36.4 Å². The number of halogens is 1. The van der Waals surface area contributed by atoms with Crippen LogP contribution in [0.3, 0.4) is 0 Å². The van der Waals surface area contributed by atoms with E-state index in [0.717, 1.165) is 22.5 Å². The lowest BCUT2D eigenvalue weighted by molar-refractivity contribution is 0.648. The molecule has 0 bridgehead atoms. The molecule has 0 saturated carbocycles. The maximum Gasteiger partial charge on any atom is 0.0654 e. The van der Waals surface area contributed by atoms with Gasteiger partial charge in [-0.3, -0.25) is 0 Å². The van der Waals surface area contributed by atoms with E-state index in [0.29, 0.717) is 5.92 Å². The maximum absolute atomic E-state index is 6.22. The number of rotatable bonds is 2. The largest absolute Gasteiger partial charge is 0.353 e. The van der Waals surface area contributed by atoms with Gasteiger partial charge in [-0.05, 0) is 36.1 Å². The third-order valence-corrected chi connectivity index (χ3v) is 3.61. The van der Waals surface area contributed by atoms with Crippen molar-refractivity contribution < 1.29 is 0 Å². The first kappa shape index (κ1) is 11.6. The van der Waals surface area contributed by atoms with Gasteiger partial charge in [0.1, 0.15) is 0 Å². The molecule has 1 aromatic heterocycles. The van der Waals surface area contributed by atoms with Gasteiger partial charge in [-0.2, -0.15) is 0 Å². The molecule has 0 aliphatic heterocycles. The standard InChI is InChI=1S/C16H16ClN/c1-10(2)8-11-6-7-15-13(9-11)12-4-3-5-14(17)16(12)18-15/h3-7,9-10,18H,8H2,1-2H3. The second-order valence-electron chi connectivity index (χ2n) is 5.27. The van der Waals surface area contributed by atoms with E-state index in [1.165, 1.54) is 16.3 Å². The number of para-hydroxylation sites is 1. The normalized spacial score (nSPS) is 11.8. The zero-order valence-corrected chi connectivity index (χ0v) is 11.4. The van der Waals surface area contributed by atoms with Crippen molar-refractivity contribution in [3.63, 3.8) is 0 Å². The van der Waals surface area contributed by atoms with Crippen molar-refractivity contribution in [3.05, 3.63) is 47.0 Å². The predicted octanol–water partition coefficient (Wildman–Crippen LogP) is 5.17. The number of aromatic nitrogens is 1. The Labute approximate surface area is 112 Å².